The molecule has 0 saturated heterocycles. The summed E-state index contributed by atoms with van der Waals surface area (Å²) in [6, 6.07) is 27.0. The molecular formula is C31H28N4O2. The van der Waals surface area contributed by atoms with Gasteiger partial charge in [0, 0.05) is 23.4 Å². The number of benzene rings is 2. The Morgan fingerprint density at radius 2 is 1.57 bits per heavy atom. The summed E-state index contributed by atoms with van der Waals surface area (Å²) in [5, 5.41) is 7.64. The van der Waals surface area contributed by atoms with Gasteiger partial charge >= 0.3 is 0 Å². The second-order valence-corrected chi connectivity index (χ2v) is 9.30. The van der Waals surface area contributed by atoms with Gasteiger partial charge in [0.1, 0.15) is 17.2 Å². The average molecular weight is 489 g/mol. The smallest absolute Gasteiger partial charge is 0.213 e. The van der Waals surface area contributed by atoms with Crippen molar-refractivity contribution >= 4 is 11.5 Å². The van der Waals surface area contributed by atoms with Gasteiger partial charge in [-0.3, -0.25) is 0 Å². The molecule has 0 spiro atoms. The predicted octanol–water partition coefficient (Wildman–Crippen LogP) is 7.79. The van der Waals surface area contributed by atoms with Crippen molar-refractivity contribution in [3.8, 4) is 39.6 Å². The monoisotopic (exact) mass is 488 g/mol. The topological polar surface area (TPSA) is 73.1 Å². The van der Waals surface area contributed by atoms with Crippen LogP contribution in [0.4, 0.5) is 11.5 Å². The third kappa shape index (κ3) is 4.96. The number of pyridine rings is 2. The summed E-state index contributed by atoms with van der Waals surface area (Å²) in [7, 11) is 0. The number of nitrogens with zero attached hydrogens (tertiary/aromatic N) is 3. The minimum Gasteiger partial charge on any atom is -0.478 e. The molecular weight excluding hydrogens is 460 g/mol. The highest BCUT2D eigenvalue weighted by Gasteiger charge is 2.23. The molecule has 1 aliphatic rings. The zero-order chi connectivity index (χ0) is 25.2. The fourth-order valence-corrected chi connectivity index (χ4v) is 4.45. The van der Waals surface area contributed by atoms with Crippen molar-refractivity contribution < 1.29 is 9.26 Å². The van der Waals surface area contributed by atoms with Crippen LogP contribution in [0.1, 0.15) is 36.9 Å². The third-order valence-electron chi connectivity index (χ3n) is 6.63. The maximum atomic E-state index is 5.74. The first-order valence-electron chi connectivity index (χ1n) is 12.7. The van der Waals surface area contributed by atoms with Crippen molar-refractivity contribution in [3.05, 3.63) is 96.3 Å². The molecule has 184 valence electrons. The highest BCUT2D eigenvalue weighted by molar-refractivity contribution is 5.79. The van der Waals surface area contributed by atoms with Gasteiger partial charge in [0.2, 0.25) is 5.88 Å². The number of anilines is 2. The van der Waals surface area contributed by atoms with Gasteiger partial charge in [0.15, 0.2) is 5.76 Å². The molecule has 1 N–H and O–H groups in total. The second kappa shape index (κ2) is 9.90. The van der Waals surface area contributed by atoms with Crippen LogP contribution in [-0.4, -0.2) is 21.7 Å². The molecule has 37 heavy (non-hydrogen) atoms. The molecule has 1 saturated carbocycles. The van der Waals surface area contributed by atoms with Crippen LogP contribution < -0.4 is 10.1 Å². The number of aryl methyl sites for hydroxylation is 1. The normalized spacial score (nSPS) is 12.9. The number of aromatic nitrogens is 3. The molecule has 0 aliphatic heterocycles. The van der Waals surface area contributed by atoms with Crippen LogP contribution in [0.15, 0.2) is 89.6 Å². The fraction of sp³-hybridized carbons (Fsp3) is 0.194. The summed E-state index contributed by atoms with van der Waals surface area (Å²) in [6.45, 7) is 4.45. The van der Waals surface area contributed by atoms with Crippen LogP contribution in [0, 0.1) is 6.92 Å². The lowest BCUT2D eigenvalue weighted by molar-refractivity contribution is 0.327. The van der Waals surface area contributed by atoms with Crippen LogP contribution in [-0.2, 0) is 0 Å². The van der Waals surface area contributed by atoms with E-state index < -0.39 is 0 Å². The van der Waals surface area contributed by atoms with Crippen molar-refractivity contribution in [3.63, 3.8) is 0 Å². The van der Waals surface area contributed by atoms with Gasteiger partial charge in [-0.15, -0.1) is 0 Å². The Morgan fingerprint density at radius 3 is 2.24 bits per heavy atom. The molecule has 0 bridgehead atoms. The number of hydrogen-bond donors (Lipinski definition) is 1. The number of hydrogen-bond acceptors (Lipinski definition) is 6. The molecule has 3 heterocycles. The minimum atomic E-state index is 0.584. The predicted molar refractivity (Wildman–Crippen MR) is 146 cm³/mol. The van der Waals surface area contributed by atoms with E-state index in [0.29, 0.717) is 24.1 Å². The molecule has 1 fully saturated rings. The minimum absolute atomic E-state index is 0.584. The van der Waals surface area contributed by atoms with Crippen LogP contribution >= 0.6 is 0 Å². The van der Waals surface area contributed by atoms with E-state index in [-0.39, 0.29) is 0 Å². The van der Waals surface area contributed by atoms with E-state index in [1.165, 1.54) is 29.5 Å². The van der Waals surface area contributed by atoms with E-state index in [1.807, 2.05) is 44.2 Å². The first-order valence-corrected chi connectivity index (χ1v) is 12.7. The van der Waals surface area contributed by atoms with E-state index in [1.54, 1.807) is 6.20 Å². The molecule has 0 amide bonds. The van der Waals surface area contributed by atoms with E-state index in [2.05, 4.69) is 64.0 Å². The van der Waals surface area contributed by atoms with Crippen molar-refractivity contribution in [2.24, 2.45) is 0 Å². The Labute approximate surface area is 216 Å². The van der Waals surface area contributed by atoms with Gasteiger partial charge in [0.25, 0.3) is 0 Å². The summed E-state index contributed by atoms with van der Waals surface area (Å²) in [6.07, 6.45) is 4.41. The van der Waals surface area contributed by atoms with E-state index in [9.17, 15) is 0 Å². The van der Waals surface area contributed by atoms with Crippen LogP contribution in [0.5, 0.6) is 5.88 Å². The Kier molecular flexibility index (Phi) is 6.15. The first kappa shape index (κ1) is 23.0. The molecule has 0 unspecified atom stereocenters. The average Bonchev–Trinajstić information content (AvgIpc) is 3.74. The van der Waals surface area contributed by atoms with Crippen molar-refractivity contribution in [2.75, 3.05) is 11.9 Å². The van der Waals surface area contributed by atoms with Crippen molar-refractivity contribution in [2.45, 2.75) is 32.6 Å². The summed E-state index contributed by atoms with van der Waals surface area (Å²) >= 11 is 0. The SMILES string of the molecule is CCOc1ccc(-c2cccc(Nc3c(C)noc3-c3ccc(-c4ccc(C5CC5)cc4)cc3)n2)cn1. The Hall–Kier alpha value is -4.45. The summed E-state index contributed by atoms with van der Waals surface area (Å²) in [5.74, 6) is 2.76. The fourth-order valence-electron chi connectivity index (χ4n) is 4.45. The summed E-state index contributed by atoms with van der Waals surface area (Å²) < 4.78 is 11.2. The van der Waals surface area contributed by atoms with Gasteiger partial charge in [-0.2, -0.15) is 0 Å². The molecule has 6 nitrogen and oxygen atoms in total. The van der Waals surface area contributed by atoms with Crippen LogP contribution in [0.3, 0.4) is 0 Å². The molecule has 1 aliphatic carbocycles. The van der Waals surface area contributed by atoms with E-state index in [0.717, 1.165) is 34.1 Å². The maximum Gasteiger partial charge on any atom is 0.213 e. The second-order valence-electron chi connectivity index (χ2n) is 9.30. The third-order valence-corrected chi connectivity index (χ3v) is 6.63. The number of rotatable bonds is 8. The Morgan fingerprint density at radius 1 is 0.865 bits per heavy atom. The van der Waals surface area contributed by atoms with Crippen molar-refractivity contribution in [1.82, 2.24) is 15.1 Å². The Balaban J connectivity index is 1.22. The highest BCUT2D eigenvalue weighted by Crippen LogP contribution is 2.40. The highest BCUT2D eigenvalue weighted by atomic mass is 16.5. The standard InChI is InChI=1S/C31H28N4O2/c1-3-36-29-18-17-26(19-32-29)27-5-4-6-28(33-27)34-30-20(2)35-37-31(30)25-15-13-24(14-16-25)23-11-9-22(10-12-23)21-7-8-21/h4-6,9-19,21H,3,7-8H2,1-2H3,(H,33,34). The lowest BCUT2D eigenvalue weighted by Gasteiger charge is -2.09. The zero-order valence-electron chi connectivity index (χ0n) is 20.9. The zero-order valence-corrected chi connectivity index (χ0v) is 20.9. The summed E-state index contributed by atoms with van der Waals surface area (Å²) in [4.78, 5) is 9.14. The van der Waals surface area contributed by atoms with Gasteiger partial charge in [0.05, 0.1) is 12.3 Å². The lowest BCUT2D eigenvalue weighted by Crippen LogP contribution is -1.97. The molecule has 0 radical (unpaired) electrons. The molecule has 6 rings (SSSR count). The number of ether oxygens (including phenoxy) is 1. The maximum absolute atomic E-state index is 5.74. The largest absolute Gasteiger partial charge is 0.478 e. The van der Waals surface area contributed by atoms with Crippen LogP contribution in [0.2, 0.25) is 0 Å². The molecule has 5 aromatic rings. The van der Waals surface area contributed by atoms with Gasteiger partial charge < -0.3 is 14.6 Å². The molecule has 2 aromatic carbocycles. The summed E-state index contributed by atoms with van der Waals surface area (Å²) in [5.41, 5.74) is 8.09. The molecule has 0 atom stereocenters. The quantitative estimate of drug-likeness (QED) is 0.240. The van der Waals surface area contributed by atoms with Crippen molar-refractivity contribution in [1.29, 1.82) is 0 Å². The number of nitrogens with one attached hydrogen (secondary N) is 1. The Bertz CT molecular complexity index is 1500. The van der Waals surface area contributed by atoms with Gasteiger partial charge in [-0.05, 0) is 67.5 Å². The van der Waals surface area contributed by atoms with E-state index in [4.69, 9.17) is 14.2 Å². The van der Waals surface area contributed by atoms with Crippen LogP contribution in [0.25, 0.3) is 33.7 Å². The van der Waals surface area contributed by atoms with Gasteiger partial charge in [-0.25, -0.2) is 9.97 Å². The molecule has 3 aromatic heterocycles. The first-order chi connectivity index (χ1) is 18.2. The lowest BCUT2D eigenvalue weighted by atomic mass is 10.0. The van der Waals surface area contributed by atoms with E-state index >= 15 is 0 Å². The van der Waals surface area contributed by atoms with Gasteiger partial charge in [-0.1, -0.05) is 59.8 Å². The molecule has 6 heteroatoms.